The summed E-state index contributed by atoms with van der Waals surface area (Å²) >= 11 is 0. The van der Waals surface area contributed by atoms with E-state index >= 15 is 0 Å². The first kappa shape index (κ1) is 70.2. The molecule has 0 aromatic carbocycles. The molecule has 0 aliphatic rings. The summed E-state index contributed by atoms with van der Waals surface area (Å²) in [5.74, 6) is -0.550. The van der Waals surface area contributed by atoms with Crippen LogP contribution in [0.4, 0.5) is 0 Å². The lowest BCUT2D eigenvalue weighted by atomic mass is 10.1. The maximum absolute atomic E-state index is 13.5. The van der Waals surface area contributed by atoms with Gasteiger partial charge in [-0.15, -0.1) is 0 Å². The SMILES string of the molecule is CC/C=C\C/C=C\C/C=C\C/C=C\C/C=C\CCCCCC(=O)NC(COP(=O)(O)OCC[N+](C)(C)C)C(/C=C/CCCCCCCCCCC)OC(=O)CCCCCCCCC/C=C/CCCCCCCC. The van der Waals surface area contributed by atoms with E-state index in [9.17, 15) is 19.0 Å². The summed E-state index contributed by atoms with van der Waals surface area (Å²) in [6, 6.07) is -0.870. The lowest BCUT2D eigenvalue weighted by Crippen LogP contribution is -2.47. The highest BCUT2D eigenvalue weighted by Gasteiger charge is 2.30. The van der Waals surface area contributed by atoms with Crippen LogP contribution in [-0.4, -0.2) is 74.3 Å². The highest BCUT2D eigenvalue weighted by atomic mass is 31.2. The Balaban J connectivity index is 5.34. The Kier molecular flexibility index (Phi) is 50.6. The number of rotatable bonds is 53. The number of unbranched alkanes of at least 4 members (excludes halogenated alkanes) is 25. The number of esters is 1. The number of nitrogens with zero attached hydrogens (tertiary/aromatic N) is 1. The van der Waals surface area contributed by atoms with Crippen molar-refractivity contribution in [3.63, 3.8) is 0 Å². The van der Waals surface area contributed by atoms with Crippen molar-refractivity contribution in [1.82, 2.24) is 5.32 Å². The second-order valence-corrected chi connectivity index (χ2v) is 22.6. The second kappa shape index (κ2) is 52.6. The molecule has 0 saturated carbocycles. The second-order valence-electron chi connectivity index (χ2n) is 21.1. The van der Waals surface area contributed by atoms with Crippen LogP contribution < -0.4 is 5.32 Å². The molecule has 3 unspecified atom stereocenters. The predicted octanol–water partition coefficient (Wildman–Crippen LogP) is 18.2. The molecule has 0 aliphatic heterocycles. The number of allylic oxidation sites excluding steroid dienone is 13. The third-order valence-electron chi connectivity index (χ3n) is 12.8. The lowest BCUT2D eigenvalue weighted by Gasteiger charge is -2.27. The van der Waals surface area contributed by atoms with Crippen molar-refractivity contribution < 1.29 is 37.3 Å². The molecule has 10 heteroatoms. The zero-order chi connectivity index (χ0) is 53.6. The monoisotopic (exact) mass is 1040 g/mol. The number of ether oxygens (including phenoxy) is 1. The first-order valence-electron chi connectivity index (χ1n) is 29.9. The van der Waals surface area contributed by atoms with Crippen molar-refractivity contribution in [3.05, 3.63) is 85.1 Å². The van der Waals surface area contributed by atoms with Crippen LogP contribution in [0.25, 0.3) is 0 Å². The van der Waals surface area contributed by atoms with E-state index in [-0.39, 0.29) is 37.9 Å². The molecule has 0 saturated heterocycles. The van der Waals surface area contributed by atoms with Gasteiger partial charge in [0, 0.05) is 12.8 Å². The molecule has 0 fully saturated rings. The molecule has 3 atom stereocenters. The number of hydrogen-bond acceptors (Lipinski definition) is 6. The summed E-state index contributed by atoms with van der Waals surface area (Å²) in [5.41, 5.74) is 0. The quantitative estimate of drug-likeness (QED) is 0.0205. The summed E-state index contributed by atoms with van der Waals surface area (Å²) in [6.07, 6.45) is 68.6. The molecule has 9 nitrogen and oxygen atoms in total. The van der Waals surface area contributed by atoms with Crippen molar-refractivity contribution in [1.29, 1.82) is 0 Å². The van der Waals surface area contributed by atoms with E-state index in [4.69, 9.17) is 13.8 Å². The van der Waals surface area contributed by atoms with Crippen LogP contribution in [0.3, 0.4) is 0 Å². The number of phosphoric ester groups is 1. The van der Waals surface area contributed by atoms with Gasteiger partial charge in [0.1, 0.15) is 19.3 Å². The average Bonchev–Trinajstić information content (AvgIpc) is 3.35. The van der Waals surface area contributed by atoms with Gasteiger partial charge in [0.15, 0.2) is 0 Å². The average molecular weight is 1040 g/mol. The van der Waals surface area contributed by atoms with Gasteiger partial charge in [0.05, 0.1) is 33.8 Å². The maximum atomic E-state index is 13.5. The molecule has 73 heavy (non-hydrogen) atoms. The van der Waals surface area contributed by atoms with Crippen LogP contribution in [0.15, 0.2) is 85.1 Å². The minimum absolute atomic E-state index is 0.0294. The Labute approximate surface area is 450 Å². The Morgan fingerprint density at radius 1 is 0.493 bits per heavy atom. The fraction of sp³-hybridized carbons (Fsp3) is 0.746. The number of hydrogen-bond donors (Lipinski definition) is 2. The molecule has 0 aromatic rings. The van der Waals surface area contributed by atoms with Gasteiger partial charge in [-0.25, -0.2) is 4.57 Å². The van der Waals surface area contributed by atoms with Crippen molar-refractivity contribution in [2.75, 3.05) is 40.9 Å². The number of nitrogens with one attached hydrogen (secondary N) is 1. The van der Waals surface area contributed by atoms with Crippen molar-refractivity contribution in [2.24, 2.45) is 0 Å². The van der Waals surface area contributed by atoms with E-state index in [1.165, 1.54) is 109 Å². The smallest absolute Gasteiger partial charge is 0.456 e. The van der Waals surface area contributed by atoms with E-state index in [1.54, 1.807) is 0 Å². The fourth-order valence-electron chi connectivity index (χ4n) is 8.20. The highest BCUT2D eigenvalue weighted by molar-refractivity contribution is 7.47. The zero-order valence-electron chi connectivity index (χ0n) is 48.1. The molecule has 422 valence electrons. The van der Waals surface area contributed by atoms with Gasteiger partial charge < -0.3 is 19.4 Å². The predicted molar refractivity (Wildman–Crippen MR) is 314 cm³/mol. The van der Waals surface area contributed by atoms with Gasteiger partial charge in [-0.05, 0) is 102 Å². The van der Waals surface area contributed by atoms with Gasteiger partial charge in [-0.1, -0.05) is 222 Å². The molecule has 0 aromatic heterocycles. The third kappa shape index (κ3) is 53.8. The molecule has 1 amide bonds. The first-order chi connectivity index (χ1) is 35.4. The normalized spacial score (nSPS) is 14.3. The van der Waals surface area contributed by atoms with Gasteiger partial charge in [-0.2, -0.15) is 0 Å². The number of likely N-dealkylation sites (N-methyl/N-ethyl adjacent to an activating group) is 1. The number of carbonyl (C=O) groups excluding carboxylic acids is 2. The Hall–Kier alpha value is -2.81. The minimum atomic E-state index is -4.46. The zero-order valence-corrected chi connectivity index (χ0v) is 49.0. The van der Waals surface area contributed by atoms with Crippen LogP contribution in [0.1, 0.15) is 252 Å². The first-order valence-corrected chi connectivity index (χ1v) is 31.4. The van der Waals surface area contributed by atoms with Crippen LogP contribution in [0.2, 0.25) is 0 Å². The van der Waals surface area contributed by atoms with E-state index in [2.05, 4.69) is 99.0 Å². The van der Waals surface area contributed by atoms with Gasteiger partial charge in [0.2, 0.25) is 5.91 Å². The number of carbonyl (C=O) groups is 2. The molecule has 0 rings (SSSR count). The summed E-state index contributed by atoms with van der Waals surface area (Å²) in [4.78, 5) is 37.6. The third-order valence-corrected chi connectivity index (χ3v) is 13.8. The molecular weight excluding hydrogens is 928 g/mol. The molecular formula is C63H114N2O7P+. The maximum Gasteiger partial charge on any atom is 0.472 e. The number of phosphoric acid groups is 1. The summed E-state index contributed by atoms with van der Waals surface area (Å²) in [5, 5.41) is 3.03. The Morgan fingerprint density at radius 3 is 1.34 bits per heavy atom. The van der Waals surface area contributed by atoms with Crippen LogP contribution >= 0.6 is 7.82 Å². The molecule has 0 bridgehead atoms. The molecule has 0 aliphatic carbocycles. The van der Waals surface area contributed by atoms with Crippen LogP contribution in [-0.2, 0) is 27.9 Å². The summed E-state index contributed by atoms with van der Waals surface area (Å²) in [7, 11) is 1.46. The standard InChI is InChI=1S/C63H113N2O7P/c1-7-10-13-16-19-22-25-27-29-31-32-34-35-37-40-43-46-49-52-55-62(66)64-60(59-71-73(68,69)70-58-57-65(4,5)6)61(54-51-48-45-42-39-24-21-18-15-12-9-3)72-63(67)56-53-50-47-44-41-38-36-33-30-28-26-23-20-17-14-11-8-2/h10,13,19,22,27-30,32,34,37,40,51,54,60-61H,7-9,11-12,14-18,20-21,23-26,31,33,35-36,38-39,41-50,52-53,55-59H2,1-6H3,(H-,64,66,68,69)/p+1/b13-10-,22-19-,29-27-,30-28+,34-32-,40-37-,54-51+. The molecule has 0 radical (unpaired) electrons. The number of quaternary nitrogens is 1. The Bertz CT molecular complexity index is 1530. The van der Waals surface area contributed by atoms with Gasteiger partial charge in [0.25, 0.3) is 0 Å². The number of amides is 1. The van der Waals surface area contributed by atoms with Crippen LogP contribution in [0, 0.1) is 0 Å². The summed E-state index contributed by atoms with van der Waals surface area (Å²) in [6.45, 7) is 6.85. The van der Waals surface area contributed by atoms with E-state index in [1.807, 2.05) is 33.3 Å². The highest BCUT2D eigenvalue weighted by Crippen LogP contribution is 2.43. The van der Waals surface area contributed by atoms with Crippen molar-refractivity contribution >= 4 is 19.7 Å². The topological polar surface area (TPSA) is 111 Å². The van der Waals surface area contributed by atoms with E-state index in [0.29, 0.717) is 17.4 Å². The fourth-order valence-corrected chi connectivity index (χ4v) is 8.93. The largest absolute Gasteiger partial charge is 0.472 e. The minimum Gasteiger partial charge on any atom is -0.456 e. The van der Waals surface area contributed by atoms with Gasteiger partial charge >= 0.3 is 13.8 Å². The van der Waals surface area contributed by atoms with Crippen molar-refractivity contribution in [3.8, 4) is 0 Å². The van der Waals surface area contributed by atoms with E-state index in [0.717, 1.165) is 103 Å². The summed E-state index contributed by atoms with van der Waals surface area (Å²) < 4.78 is 30.6. The van der Waals surface area contributed by atoms with Crippen molar-refractivity contribution in [2.45, 2.75) is 264 Å². The van der Waals surface area contributed by atoms with Crippen LogP contribution in [0.5, 0.6) is 0 Å². The molecule has 0 spiro atoms. The Morgan fingerprint density at radius 2 is 0.877 bits per heavy atom. The van der Waals surface area contributed by atoms with E-state index < -0.39 is 20.0 Å². The lowest BCUT2D eigenvalue weighted by molar-refractivity contribution is -0.870. The van der Waals surface area contributed by atoms with Gasteiger partial charge in [-0.3, -0.25) is 18.6 Å². The molecule has 0 heterocycles. The molecule has 2 N–H and O–H groups in total.